The minimum absolute atomic E-state index is 0.0614. The first-order valence-corrected chi connectivity index (χ1v) is 14.3. The lowest BCUT2D eigenvalue weighted by Gasteiger charge is -2.21. The van der Waals surface area contributed by atoms with Gasteiger partial charge in [-0.1, -0.05) is 40.7 Å². The van der Waals surface area contributed by atoms with Gasteiger partial charge >= 0.3 is 0 Å². The first-order chi connectivity index (χ1) is 16.2. The van der Waals surface area contributed by atoms with Crippen molar-refractivity contribution in [3.8, 4) is 11.3 Å². The van der Waals surface area contributed by atoms with E-state index < -0.39 is 0 Å². The third-order valence-electron chi connectivity index (χ3n) is 6.66. The van der Waals surface area contributed by atoms with Crippen molar-refractivity contribution in [3.63, 3.8) is 0 Å². The molecule has 5 heteroatoms. The van der Waals surface area contributed by atoms with Crippen molar-refractivity contribution in [2.24, 2.45) is 5.92 Å². The summed E-state index contributed by atoms with van der Waals surface area (Å²) in [5.41, 5.74) is 5.13. The smallest absolute Gasteiger partial charge is 0.128 e. The molecule has 2 aromatic carbocycles. The van der Waals surface area contributed by atoms with Gasteiger partial charge in [0.25, 0.3) is 0 Å². The van der Waals surface area contributed by atoms with Gasteiger partial charge in [-0.15, -0.1) is 34.0 Å². The molecule has 0 unspecified atom stereocenters. The summed E-state index contributed by atoms with van der Waals surface area (Å²) in [7, 11) is 0. The van der Waals surface area contributed by atoms with E-state index in [9.17, 15) is 0 Å². The number of nitrogens with zero attached hydrogens (tertiary/aromatic N) is 2. The largest absolute Gasteiger partial charge is 0.236 e. The summed E-state index contributed by atoms with van der Waals surface area (Å²) in [5, 5.41) is 7.42. The summed E-state index contributed by atoms with van der Waals surface area (Å²) in [6.07, 6.45) is 2.87. The topological polar surface area (TPSA) is 25.8 Å². The molecule has 172 valence electrons. The van der Waals surface area contributed by atoms with E-state index in [1.54, 1.807) is 17.7 Å². The zero-order chi connectivity index (χ0) is 23.8. The van der Waals surface area contributed by atoms with E-state index in [1.807, 2.05) is 22.7 Å². The minimum Gasteiger partial charge on any atom is -0.236 e. The Morgan fingerprint density at radius 3 is 2.53 bits per heavy atom. The Kier molecular flexibility index (Phi) is 5.11. The monoisotopic (exact) mass is 500 g/mol. The predicted octanol–water partition coefficient (Wildman–Crippen LogP) is 9.75. The van der Waals surface area contributed by atoms with Crippen molar-refractivity contribution in [1.29, 1.82) is 0 Å². The highest BCUT2D eigenvalue weighted by Gasteiger charge is 2.23. The fraction of sp³-hybridized carbons (Fsp3) is 0.310. The second-order valence-corrected chi connectivity index (χ2v) is 13.7. The molecule has 0 spiro atoms. The number of rotatable bonds is 3. The molecule has 34 heavy (non-hydrogen) atoms. The summed E-state index contributed by atoms with van der Waals surface area (Å²) in [5.74, 6) is 0.647. The van der Waals surface area contributed by atoms with Crippen LogP contribution in [0, 0.1) is 12.8 Å². The van der Waals surface area contributed by atoms with Crippen molar-refractivity contribution in [2.75, 3.05) is 0 Å². The Hall–Kier alpha value is -2.34. The van der Waals surface area contributed by atoms with E-state index in [-0.39, 0.29) is 5.41 Å². The summed E-state index contributed by atoms with van der Waals surface area (Å²) in [6, 6.07) is 11.5. The maximum absolute atomic E-state index is 4.90. The quantitative estimate of drug-likeness (QED) is 0.242. The first kappa shape index (κ1) is 22.1. The normalized spacial score (nSPS) is 12.8. The molecule has 0 bridgehead atoms. The number of benzene rings is 2. The first-order valence-electron chi connectivity index (χ1n) is 11.8. The van der Waals surface area contributed by atoms with Crippen LogP contribution in [0.15, 0.2) is 42.0 Å². The number of fused-ring (bicyclic) bond motifs is 6. The van der Waals surface area contributed by atoms with Crippen LogP contribution in [0.5, 0.6) is 0 Å². The molecule has 0 aliphatic rings. The molecule has 6 rings (SSSR count). The van der Waals surface area contributed by atoms with Gasteiger partial charge in [0.05, 0.1) is 5.69 Å². The number of thiophene rings is 3. The van der Waals surface area contributed by atoms with Crippen molar-refractivity contribution in [3.05, 3.63) is 58.0 Å². The lowest BCUT2D eigenvalue weighted by molar-refractivity contribution is 0.597. The standard InChI is InChI=1S/C29H28N2S3/c1-15(2)11-22-16(3)19-7-8-21-23(27(19)33-22)24-25(30-14-31-28(24)34-21)18-12-17-9-10-32-26(17)20(13-18)29(4,5)6/h7-10,12-15H,11H2,1-6H3. The van der Waals surface area contributed by atoms with Crippen LogP contribution in [-0.4, -0.2) is 9.97 Å². The van der Waals surface area contributed by atoms with Gasteiger partial charge in [0, 0.05) is 35.3 Å². The molecule has 0 N–H and O–H groups in total. The van der Waals surface area contributed by atoms with Crippen LogP contribution < -0.4 is 0 Å². The average molecular weight is 501 g/mol. The number of aromatic nitrogens is 2. The molecule has 4 aromatic heterocycles. The van der Waals surface area contributed by atoms with Gasteiger partial charge in [0.2, 0.25) is 0 Å². The third kappa shape index (κ3) is 3.40. The van der Waals surface area contributed by atoms with Gasteiger partial charge in [-0.2, -0.15) is 0 Å². The Balaban J connectivity index is 1.71. The van der Waals surface area contributed by atoms with Gasteiger partial charge in [-0.3, -0.25) is 0 Å². The summed E-state index contributed by atoms with van der Waals surface area (Å²) in [6.45, 7) is 13.8. The van der Waals surface area contributed by atoms with Gasteiger partial charge < -0.3 is 0 Å². The molecule has 0 aliphatic carbocycles. The summed E-state index contributed by atoms with van der Waals surface area (Å²) < 4.78 is 4.07. The lowest BCUT2D eigenvalue weighted by Crippen LogP contribution is -2.11. The van der Waals surface area contributed by atoms with E-state index in [4.69, 9.17) is 9.97 Å². The van der Waals surface area contributed by atoms with E-state index in [0.717, 1.165) is 16.9 Å². The van der Waals surface area contributed by atoms with Gasteiger partial charge in [-0.05, 0) is 76.2 Å². The maximum atomic E-state index is 4.90. The number of aryl methyl sites for hydroxylation is 1. The fourth-order valence-corrected chi connectivity index (χ4v) is 8.77. The second kappa shape index (κ2) is 7.84. The van der Waals surface area contributed by atoms with Crippen LogP contribution in [0.4, 0.5) is 0 Å². The van der Waals surface area contributed by atoms with Crippen LogP contribution in [0.3, 0.4) is 0 Å². The van der Waals surface area contributed by atoms with Gasteiger partial charge in [-0.25, -0.2) is 9.97 Å². The van der Waals surface area contributed by atoms with Crippen LogP contribution in [0.25, 0.3) is 51.7 Å². The fourth-order valence-electron chi connectivity index (χ4n) is 4.97. The van der Waals surface area contributed by atoms with Crippen molar-refractivity contribution >= 4 is 74.5 Å². The van der Waals surface area contributed by atoms with Gasteiger partial charge in [0.1, 0.15) is 11.2 Å². The minimum atomic E-state index is 0.0614. The Bertz CT molecular complexity index is 1710. The highest BCUT2D eigenvalue weighted by molar-refractivity contribution is 7.27. The van der Waals surface area contributed by atoms with Crippen molar-refractivity contribution < 1.29 is 0 Å². The molecular formula is C29H28N2S3. The molecule has 2 nitrogen and oxygen atoms in total. The molecule has 0 atom stereocenters. The SMILES string of the molecule is Cc1c(CC(C)C)sc2c1ccc1sc3ncnc(-c4cc(C(C)(C)C)c5sccc5c4)c3c12. The van der Waals surface area contributed by atoms with E-state index in [2.05, 4.69) is 77.3 Å². The second-order valence-electron chi connectivity index (χ2n) is 10.7. The average Bonchev–Trinajstić information content (AvgIpc) is 3.47. The molecule has 0 saturated carbocycles. The van der Waals surface area contributed by atoms with E-state index in [0.29, 0.717) is 5.92 Å². The number of hydrogen-bond acceptors (Lipinski definition) is 5. The highest BCUT2D eigenvalue weighted by Crippen LogP contribution is 2.46. The van der Waals surface area contributed by atoms with Crippen LogP contribution in [-0.2, 0) is 11.8 Å². The number of hydrogen-bond donors (Lipinski definition) is 0. The highest BCUT2D eigenvalue weighted by atomic mass is 32.1. The molecule has 0 fully saturated rings. The molecule has 0 radical (unpaired) electrons. The molecule has 0 saturated heterocycles. The zero-order valence-electron chi connectivity index (χ0n) is 20.4. The van der Waals surface area contributed by atoms with E-state index in [1.165, 1.54) is 57.2 Å². The van der Waals surface area contributed by atoms with Crippen molar-refractivity contribution in [1.82, 2.24) is 9.97 Å². The van der Waals surface area contributed by atoms with Crippen molar-refractivity contribution in [2.45, 2.75) is 53.4 Å². The Morgan fingerprint density at radius 2 is 1.76 bits per heavy atom. The van der Waals surface area contributed by atoms with E-state index >= 15 is 0 Å². The molecule has 0 aliphatic heterocycles. The third-order valence-corrected chi connectivity index (χ3v) is 10.0. The lowest BCUT2D eigenvalue weighted by atomic mass is 9.85. The predicted molar refractivity (Wildman–Crippen MR) is 153 cm³/mol. The summed E-state index contributed by atoms with van der Waals surface area (Å²) >= 11 is 5.59. The van der Waals surface area contributed by atoms with Crippen LogP contribution in [0.2, 0.25) is 0 Å². The Morgan fingerprint density at radius 1 is 0.941 bits per heavy atom. The zero-order valence-corrected chi connectivity index (χ0v) is 22.9. The molecular weight excluding hydrogens is 473 g/mol. The molecule has 0 amide bonds. The van der Waals surface area contributed by atoms with Crippen LogP contribution >= 0.6 is 34.0 Å². The molecule has 6 aromatic rings. The Labute approximate surface area is 212 Å². The molecule has 4 heterocycles. The van der Waals surface area contributed by atoms with Gasteiger partial charge in [0.15, 0.2) is 0 Å². The maximum Gasteiger partial charge on any atom is 0.128 e. The summed E-state index contributed by atoms with van der Waals surface area (Å²) in [4.78, 5) is 12.2. The van der Waals surface area contributed by atoms with Crippen LogP contribution in [0.1, 0.15) is 50.6 Å².